The van der Waals surface area contributed by atoms with Gasteiger partial charge in [-0.1, -0.05) is 71.8 Å². The number of fused-ring (bicyclic) bond motifs is 1. The van der Waals surface area contributed by atoms with Gasteiger partial charge in [0.25, 0.3) is 0 Å². The normalized spacial score (nSPS) is 10.8. The molecular formula is C31H21N2O2Pt-. The fourth-order valence-corrected chi connectivity index (χ4v) is 4.27. The number of aromatic hydroxyl groups is 1. The average molecular weight is 649 g/mol. The fraction of sp³-hybridized carbons (Fsp3) is 0.0323. The zero-order valence-electron chi connectivity index (χ0n) is 19.2. The molecule has 0 spiro atoms. The van der Waals surface area contributed by atoms with Crippen molar-refractivity contribution in [2.45, 2.75) is 6.42 Å². The van der Waals surface area contributed by atoms with Crippen LogP contribution < -0.4 is 0 Å². The Morgan fingerprint density at radius 2 is 1.53 bits per heavy atom. The summed E-state index contributed by atoms with van der Waals surface area (Å²) in [5.41, 5.74) is 7.82. The number of nitrogens with zero attached hydrogens (tertiary/aromatic N) is 2. The van der Waals surface area contributed by atoms with Gasteiger partial charge >= 0.3 is 0 Å². The molecule has 0 saturated carbocycles. The summed E-state index contributed by atoms with van der Waals surface area (Å²) >= 11 is 0. The third-order valence-electron chi connectivity index (χ3n) is 5.99. The van der Waals surface area contributed by atoms with Gasteiger partial charge in [0.15, 0.2) is 0 Å². The van der Waals surface area contributed by atoms with Crippen molar-refractivity contribution in [1.29, 1.82) is 0 Å². The van der Waals surface area contributed by atoms with E-state index in [4.69, 9.17) is 9.40 Å². The van der Waals surface area contributed by atoms with Gasteiger partial charge in [-0.15, -0.1) is 29.8 Å². The Morgan fingerprint density at radius 3 is 2.36 bits per heavy atom. The number of phenolic OH excluding ortho intramolecular Hbond substituents is 1. The number of oxazole rings is 1. The third kappa shape index (κ3) is 4.73. The molecule has 178 valence electrons. The second-order valence-corrected chi connectivity index (χ2v) is 8.38. The molecule has 0 unspecified atom stereocenters. The van der Waals surface area contributed by atoms with Crippen LogP contribution in [0.15, 0.2) is 114 Å². The van der Waals surface area contributed by atoms with Crippen LogP contribution in [0.1, 0.15) is 11.1 Å². The molecule has 2 aromatic heterocycles. The van der Waals surface area contributed by atoms with Crippen molar-refractivity contribution < 1.29 is 30.6 Å². The van der Waals surface area contributed by atoms with E-state index in [1.165, 1.54) is 5.56 Å². The van der Waals surface area contributed by atoms with Crippen LogP contribution in [0.2, 0.25) is 0 Å². The van der Waals surface area contributed by atoms with Crippen molar-refractivity contribution in [1.82, 2.24) is 9.97 Å². The van der Waals surface area contributed by atoms with Gasteiger partial charge < -0.3 is 9.52 Å². The Kier molecular flexibility index (Phi) is 6.79. The minimum absolute atomic E-state index is 0. The molecule has 4 nitrogen and oxygen atoms in total. The van der Waals surface area contributed by atoms with Gasteiger partial charge in [0.05, 0.1) is 11.1 Å². The Labute approximate surface area is 223 Å². The van der Waals surface area contributed by atoms with E-state index in [0.29, 0.717) is 17.0 Å². The molecule has 2 heterocycles. The summed E-state index contributed by atoms with van der Waals surface area (Å²) in [5, 5.41) is 10.6. The first-order chi connectivity index (χ1) is 17.2. The minimum atomic E-state index is 0. The second kappa shape index (κ2) is 10.3. The first kappa shape index (κ1) is 23.7. The van der Waals surface area contributed by atoms with E-state index in [0.717, 1.165) is 39.9 Å². The molecule has 36 heavy (non-hydrogen) atoms. The summed E-state index contributed by atoms with van der Waals surface area (Å²) in [6, 6.07) is 37.0. The Bertz CT molecular complexity index is 1630. The molecule has 5 heteroatoms. The first-order valence-corrected chi connectivity index (χ1v) is 11.4. The van der Waals surface area contributed by atoms with Crippen LogP contribution in [0.3, 0.4) is 0 Å². The molecule has 0 aliphatic carbocycles. The molecule has 0 aliphatic rings. The van der Waals surface area contributed by atoms with Crippen LogP contribution >= 0.6 is 0 Å². The maximum absolute atomic E-state index is 10.6. The number of phenols is 1. The molecular weight excluding hydrogens is 627 g/mol. The van der Waals surface area contributed by atoms with E-state index in [2.05, 4.69) is 23.2 Å². The van der Waals surface area contributed by atoms with Crippen molar-refractivity contribution in [3.05, 3.63) is 127 Å². The third-order valence-corrected chi connectivity index (χ3v) is 5.99. The van der Waals surface area contributed by atoms with Gasteiger partial charge in [-0.3, -0.25) is 4.98 Å². The first-order valence-electron chi connectivity index (χ1n) is 11.4. The molecule has 4 aromatic carbocycles. The van der Waals surface area contributed by atoms with Gasteiger partial charge in [-0.25, -0.2) is 4.98 Å². The molecule has 0 radical (unpaired) electrons. The Morgan fingerprint density at radius 1 is 0.722 bits per heavy atom. The smallest absolute Gasteiger partial charge is 0.230 e. The van der Waals surface area contributed by atoms with Gasteiger partial charge in [0.1, 0.15) is 11.3 Å². The topological polar surface area (TPSA) is 59.2 Å². The van der Waals surface area contributed by atoms with E-state index < -0.39 is 0 Å². The number of aromatic nitrogens is 2. The predicted molar refractivity (Wildman–Crippen MR) is 138 cm³/mol. The number of hydrogen-bond acceptors (Lipinski definition) is 4. The standard InChI is InChI=1S/C31H21N2O2.Pt/c34-28-16-15-22(18-21-8-2-1-3-9-21)19-26(28)31-33-30-25(12-7-14-29(30)35-31)23-10-6-11-24(20-23)27-13-4-5-17-32-27;/h1-17,19,34H,18H2;/q-1;. The number of rotatable bonds is 5. The summed E-state index contributed by atoms with van der Waals surface area (Å²) in [6.45, 7) is 0. The summed E-state index contributed by atoms with van der Waals surface area (Å²) < 4.78 is 6.12. The van der Waals surface area contributed by atoms with E-state index in [1.807, 2.05) is 84.9 Å². The van der Waals surface area contributed by atoms with Crippen LogP contribution in [-0.2, 0) is 27.5 Å². The van der Waals surface area contributed by atoms with Crippen LogP contribution in [-0.4, -0.2) is 15.1 Å². The zero-order valence-corrected chi connectivity index (χ0v) is 21.4. The zero-order chi connectivity index (χ0) is 23.6. The quantitative estimate of drug-likeness (QED) is 0.199. The minimum Gasteiger partial charge on any atom is -0.507 e. The molecule has 6 aromatic rings. The average Bonchev–Trinajstić information content (AvgIpc) is 3.35. The van der Waals surface area contributed by atoms with Gasteiger partial charge in [0.2, 0.25) is 5.89 Å². The molecule has 1 N–H and O–H groups in total. The van der Waals surface area contributed by atoms with Crippen molar-refractivity contribution in [3.8, 4) is 39.6 Å². The van der Waals surface area contributed by atoms with Gasteiger partial charge in [-0.05, 0) is 41.8 Å². The largest absolute Gasteiger partial charge is 0.507 e. The Balaban J connectivity index is 0.00000267. The van der Waals surface area contributed by atoms with E-state index in [-0.39, 0.29) is 26.8 Å². The molecule has 0 fully saturated rings. The van der Waals surface area contributed by atoms with E-state index in [9.17, 15) is 5.11 Å². The van der Waals surface area contributed by atoms with Crippen molar-refractivity contribution in [3.63, 3.8) is 0 Å². The summed E-state index contributed by atoms with van der Waals surface area (Å²) in [5.74, 6) is 0.527. The van der Waals surface area contributed by atoms with E-state index >= 15 is 0 Å². The molecule has 0 bridgehead atoms. The number of para-hydroxylation sites is 1. The summed E-state index contributed by atoms with van der Waals surface area (Å²) in [4.78, 5) is 9.25. The van der Waals surface area contributed by atoms with Crippen LogP contribution in [0, 0.1) is 6.07 Å². The predicted octanol–water partition coefficient (Wildman–Crippen LogP) is 7.32. The Hall–Kier alpha value is -4.01. The molecule has 0 saturated heterocycles. The summed E-state index contributed by atoms with van der Waals surface area (Å²) in [7, 11) is 0. The molecule has 0 amide bonds. The van der Waals surface area contributed by atoms with Gasteiger partial charge in [0, 0.05) is 33.0 Å². The van der Waals surface area contributed by atoms with Crippen molar-refractivity contribution in [2.75, 3.05) is 0 Å². The fourth-order valence-electron chi connectivity index (χ4n) is 4.27. The maximum atomic E-state index is 10.6. The molecule has 0 aliphatic heterocycles. The molecule has 0 atom stereocenters. The van der Waals surface area contributed by atoms with Crippen LogP contribution in [0.4, 0.5) is 0 Å². The van der Waals surface area contributed by atoms with Crippen molar-refractivity contribution >= 4 is 11.1 Å². The SMILES string of the molecule is Oc1ccc(Cc2ccccc2)cc1-c1nc2c(-c3[c-]c(-c4ccccn4)ccc3)cccc2o1.[Pt]. The maximum Gasteiger partial charge on any atom is 0.230 e. The monoisotopic (exact) mass is 648 g/mol. The van der Waals surface area contributed by atoms with Gasteiger partial charge in [-0.2, -0.15) is 0 Å². The number of pyridine rings is 1. The van der Waals surface area contributed by atoms with Crippen LogP contribution in [0.25, 0.3) is 44.9 Å². The molecule has 6 rings (SSSR count). The second-order valence-electron chi connectivity index (χ2n) is 8.38. The number of hydrogen-bond donors (Lipinski definition) is 1. The van der Waals surface area contributed by atoms with Crippen molar-refractivity contribution in [2.24, 2.45) is 0 Å². The van der Waals surface area contributed by atoms with E-state index in [1.54, 1.807) is 12.3 Å². The number of benzene rings is 4. The van der Waals surface area contributed by atoms with Crippen LogP contribution in [0.5, 0.6) is 5.75 Å². The summed E-state index contributed by atoms with van der Waals surface area (Å²) in [6.07, 6.45) is 2.54.